The summed E-state index contributed by atoms with van der Waals surface area (Å²) >= 11 is 6.88. The molecule has 0 aromatic rings. The highest BCUT2D eigenvalue weighted by molar-refractivity contribution is 9.09. The van der Waals surface area contributed by atoms with Crippen molar-refractivity contribution in [2.24, 2.45) is 0 Å². The Kier molecular flexibility index (Phi) is 7.23. The van der Waals surface area contributed by atoms with Crippen LogP contribution in [0.5, 0.6) is 0 Å². The SMILES string of the molecule is CCOC(CBr)CC(C)Br. The molecule has 0 aliphatic heterocycles. The Labute approximate surface area is 79.8 Å². The molecular weight excluding hydrogens is 260 g/mol. The standard InChI is InChI=1S/C7H14Br2O/c1-3-10-7(5-8)4-6(2)9/h6-7H,3-5H2,1-2H3. The summed E-state index contributed by atoms with van der Waals surface area (Å²) in [6.07, 6.45) is 1.43. The number of hydrogen-bond acceptors (Lipinski definition) is 1. The van der Waals surface area contributed by atoms with Crippen molar-refractivity contribution in [1.29, 1.82) is 0 Å². The molecule has 0 saturated carbocycles. The van der Waals surface area contributed by atoms with E-state index in [0.29, 0.717) is 10.9 Å². The molecule has 2 unspecified atom stereocenters. The molecule has 10 heavy (non-hydrogen) atoms. The molecule has 0 aliphatic rings. The summed E-state index contributed by atoms with van der Waals surface area (Å²) in [5.41, 5.74) is 0. The Morgan fingerprint density at radius 1 is 1.50 bits per heavy atom. The molecule has 0 saturated heterocycles. The third kappa shape index (κ3) is 5.69. The van der Waals surface area contributed by atoms with Gasteiger partial charge < -0.3 is 4.74 Å². The Balaban J connectivity index is 3.39. The summed E-state index contributed by atoms with van der Waals surface area (Å²) in [4.78, 5) is 0.543. The second-order valence-corrected chi connectivity index (χ2v) is 4.46. The molecule has 0 N–H and O–H groups in total. The van der Waals surface area contributed by atoms with Gasteiger partial charge in [-0.15, -0.1) is 0 Å². The molecule has 0 radical (unpaired) electrons. The first-order valence-electron chi connectivity index (χ1n) is 3.52. The maximum Gasteiger partial charge on any atom is 0.0682 e. The zero-order valence-corrected chi connectivity index (χ0v) is 9.61. The summed E-state index contributed by atoms with van der Waals surface area (Å²) in [5.74, 6) is 0. The molecule has 0 spiro atoms. The average molecular weight is 274 g/mol. The molecule has 0 heterocycles. The molecule has 0 aromatic heterocycles. The Morgan fingerprint density at radius 3 is 2.40 bits per heavy atom. The van der Waals surface area contributed by atoms with Crippen LogP contribution in [0.25, 0.3) is 0 Å². The Hall–Kier alpha value is 0.920. The molecule has 1 nitrogen and oxygen atoms in total. The normalized spacial score (nSPS) is 16.8. The van der Waals surface area contributed by atoms with Gasteiger partial charge in [0.15, 0.2) is 0 Å². The Morgan fingerprint density at radius 2 is 2.10 bits per heavy atom. The van der Waals surface area contributed by atoms with Crippen LogP contribution in [0.15, 0.2) is 0 Å². The topological polar surface area (TPSA) is 9.23 Å². The minimum atomic E-state index is 0.361. The van der Waals surface area contributed by atoms with E-state index in [-0.39, 0.29) is 0 Å². The largest absolute Gasteiger partial charge is 0.378 e. The zero-order valence-electron chi connectivity index (χ0n) is 6.44. The molecule has 0 bridgehead atoms. The number of alkyl halides is 2. The third-order valence-electron chi connectivity index (χ3n) is 1.16. The van der Waals surface area contributed by atoms with Crippen LogP contribution in [0.1, 0.15) is 20.3 Å². The second-order valence-electron chi connectivity index (χ2n) is 2.25. The summed E-state index contributed by atoms with van der Waals surface area (Å²) < 4.78 is 5.43. The minimum absolute atomic E-state index is 0.361. The summed E-state index contributed by atoms with van der Waals surface area (Å²) in [6, 6.07) is 0. The highest BCUT2D eigenvalue weighted by atomic mass is 79.9. The summed E-state index contributed by atoms with van der Waals surface area (Å²) in [5, 5.41) is 0.927. The van der Waals surface area contributed by atoms with E-state index in [2.05, 4.69) is 38.8 Å². The maximum atomic E-state index is 5.43. The van der Waals surface area contributed by atoms with E-state index < -0.39 is 0 Å². The molecule has 62 valence electrons. The summed E-state index contributed by atoms with van der Waals surface area (Å²) in [6.45, 7) is 4.96. The lowest BCUT2D eigenvalue weighted by molar-refractivity contribution is 0.0754. The lowest BCUT2D eigenvalue weighted by atomic mass is 10.2. The average Bonchev–Trinajstić information content (AvgIpc) is 1.86. The number of rotatable bonds is 5. The predicted octanol–water partition coefficient (Wildman–Crippen LogP) is 2.96. The molecule has 3 heteroatoms. The van der Waals surface area contributed by atoms with Crippen LogP contribution in [0.2, 0.25) is 0 Å². The van der Waals surface area contributed by atoms with Gasteiger partial charge >= 0.3 is 0 Å². The van der Waals surface area contributed by atoms with Crippen LogP contribution < -0.4 is 0 Å². The highest BCUT2D eigenvalue weighted by Gasteiger charge is 2.08. The lowest BCUT2D eigenvalue weighted by Crippen LogP contribution is -2.17. The van der Waals surface area contributed by atoms with Crippen molar-refractivity contribution in [2.75, 3.05) is 11.9 Å². The van der Waals surface area contributed by atoms with Gasteiger partial charge in [0, 0.05) is 16.8 Å². The van der Waals surface area contributed by atoms with Crippen LogP contribution in [-0.4, -0.2) is 22.9 Å². The van der Waals surface area contributed by atoms with Gasteiger partial charge in [0.1, 0.15) is 0 Å². The van der Waals surface area contributed by atoms with Gasteiger partial charge in [-0.05, 0) is 13.3 Å². The van der Waals surface area contributed by atoms with Gasteiger partial charge in [0.25, 0.3) is 0 Å². The van der Waals surface area contributed by atoms with Crippen LogP contribution in [0.3, 0.4) is 0 Å². The number of halogens is 2. The quantitative estimate of drug-likeness (QED) is 0.700. The maximum absolute atomic E-state index is 5.43. The monoisotopic (exact) mass is 272 g/mol. The lowest BCUT2D eigenvalue weighted by Gasteiger charge is -2.14. The Bertz CT molecular complexity index is 76.0. The van der Waals surface area contributed by atoms with E-state index >= 15 is 0 Å². The van der Waals surface area contributed by atoms with E-state index in [9.17, 15) is 0 Å². The van der Waals surface area contributed by atoms with Crippen LogP contribution >= 0.6 is 31.9 Å². The fourth-order valence-electron chi connectivity index (χ4n) is 0.774. The first kappa shape index (κ1) is 10.9. The van der Waals surface area contributed by atoms with E-state index in [1.54, 1.807) is 0 Å². The predicted molar refractivity (Wildman–Crippen MR) is 52.2 cm³/mol. The van der Waals surface area contributed by atoms with Crippen molar-refractivity contribution in [1.82, 2.24) is 0 Å². The number of ether oxygens (including phenoxy) is 1. The fourth-order valence-corrected chi connectivity index (χ4v) is 1.64. The first-order chi connectivity index (χ1) is 4.70. The fraction of sp³-hybridized carbons (Fsp3) is 1.00. The van der Waals surface area contributed by atoms with Crippen LogP contribution in [0.4, 0.5) is 0 Å². The molecule has 0 fully saturated rings. The molecule has 0 rings (SSSR count). The van der Waals surface area contributed by atoms with Crippen LogP contribution in [0, 0.1) is 0 Å². The van der Waals surface area contributed by atoms with Gasteiger partial charge in [-0.2, -0.15) is 0 Å². The first-order valence-corrected chi connectivity index (χ1v) is 5.56. The molecule has 0 aromatic carbocycles. The van der Waals surface area contributed by atoms with Gasteiger partial charge in [-0.1, -0.05) is 38.8 Å². The molecule has 2 atom stereocenters. The molecule has 0 amide bonds. The van der Waals surface area contributed by atoms with E-state index in [1.165, 1.54) is 0 Å². The molecular formula is C7H14Br2O. The van der Waals surface area contributed by atoms with Crippen molar-refractivity contribution < 1.29 is 4.74 Å². The highest BCUT2D eigenvalue weighted by Crippen LogP contribution is 2.11. The zero-order chi connectivity index (χ0) is 7.98. The summed E-state index contributed by atoms with van der Waals surface area (Å²) in [7, 11) is 0. The van der Waals surface area contributed by atoms with Gasteiger partial charge in [-0.25, -0.2) is 0 Å². The van der Waals surface area contributed by atoms with Gasteiger partial charge in [0.2, 0.25) is 0 Å². The minimum Gasteiger partial charge on any atom is -0.378 e. The molecule has 0 aliphatic carbocycles. The smallest absolute Gasteiger partial charge is 0.0682 e. The van der Waals surface area contributed by atoms with Gasteiger partial charge in [-0.3, -0.25) is 0 Å². The van der Waals surface area contributed by atoms with E-state index in [0.717, 1.165) is 18.4 Å². The van der Waals surface area contributed by atoms with Gasteiger partial charge in [0.05, 0.1) is 6.10 Å². The van der Waals surface area contributed by atoms with Crippen molar-refractivity contribution in [2.45, 2.75) is 31.2 Å². The van der Waals surface area contributed by atoms with Crippen LogP contribution in [-0.2, 0) is 4.74 Å². The van der Waals surface area contributed by atoms with Crippen molar-refractivity contribution in [3.05, 3.63) is 0 Å². The second kappa shape index (κ2) is 6.62. The van der Waals surface area contributed by atoms with E-state index in [4.69, 9.17) is 4.74 Å². The van der Waals surface area contributed by atoms with Crippen molar-refractivity contribution >= 4 is 31.9 Å². The third-order valence-corrected chi connectivity index (χ3v) is 2.26. The number of hydrogen-bond donors (Lipinski definition) is 0. The van der Waals surface area contributed by atoms with E-state index in [1.807, 2.05) is 6.92 Å². The van der Waals surface area contributed by atoms with Crippen molar-refractivity contribution in [3.63, 3.8) is 0 Å². The van der Waals surface area contributed by atoms with Crippen molar-refractivity contribution in [3.8, 4) is 0 Å².